The number of phosphoric ester groups is 1. The largest absolute Gasteiger partial charge is 0.469 e. The molecule has 12 nitrogen and oxygen atoms in total. The molecule has 2 rings (SSSR count). The lowest BCUT2D eigenvalue weighted by molar-refractivity contribution is 0.104. The summed E-state index contributed by atoms with van der Waals surface area (Å²) in [5.74, 6) is 0. The van der Waals surface area contributed by atoms with Gasteiger partial charge in [-0.05, 0) is 13.8 Å². The molecule has 0 aliphatic rings. The van der Waals surface area contributed by atoms with Crippen LogP contribution in [0, 0.1) is 13.8 Å². The van der Waals surface area contributed by atoms with Gasteiger partial charge >= 0.3 is 19.2 Å². The number of nitrogens with one attached hydrogen (secondary N) is 2. The van der Waals surface area contributed by atoms with Gasteiger partial charge in [0.25, 0.3) is 11.1 Å². The Bertz CT molecular complexity index is 1010. The fourth-order valence-corrected chi connectivity index (χ4v) is 2.79. The number of hydrogen-bond acceptors (Lipinski definition) is 6. The molecule has 0 aliphatic carbocycles. The third-order valence-corrected chi connectivity index (χ3v) is 4.04. The fourth-order valence-electron chi connectivity index (χ4n) is 2.27. The third kappa shape index (κ3) is 4.99. The summed E-state index contributed by atoms with van der Waals surface area (Å²) >= 11 is 0. The van der Waals surface area contributed by atoms with Crippen LogP contribution in [0.5, 0.6) is 0 Å². The van der Waals surface area contributed by atoms with E-state index in [1.54, 1.807) is 0 Å². The molecule has 0 unspecified atom stereocenters. The van der Waals surface area contributed by atoms with Crippen molar-refractivity contribution in [2.45, 2.75) is 33.0 Å². The van der Waals surface area contributed by atoms with E-state index in [-0.39, 0.29) is 24.2 Å². The summed E-state index contributed by atoms with van der Waals surface area (Å²) in [4.78, 5) is 68.8. The zero-order chi connectivity index (χ0) is 19.6. The topological polar surface area (TPSA) is 176 Å². The number of aromatic nitrogens is 4. The van der Waals surface area contributed by atoms with Gasteiger partial charge in [-0.1, -0.05) is 0 Å². The number of aryl methyl sites for hydroxylation is 2. The second-order valence-corrected chi connectivity index (χ2v) is 6.86. The Balaban J connectivity index is 2.40. The van der Waals surface area contributed by atoms with Crippen LogP contribution >= 0.6 is 7.82 Å². The molecule has 0 aromatic carbocycles. The lowest BCUT2D eigenvalue weighted by Gasteiger charge is -2.20. The lowest BCUT2D eigenvalue weighted by Crippen LogP contribution is -2.38. The molecule has 2 heterocycles. The first-order valence-corrected chi connectivity index (χ1v) is 8.84. The van der Waals surface area contributed by atoms with Crippen molar-refractivity contribution in [3.63, 3.8) is 0 Å². The zero-order valence-corrected chi connectivity index (χ0v) is 14.7. The molecule has 13 heteroatoms. The van der Waals surface area contributed by atoms with E-state index in [9.17, 15) is 23.7 Å². The van der Waals surface area contributed by atoms with E-state index in [2.05, 4.69) is 14.5 Å². The van der Waals surface area contributed by atoms with E-state index in [4.69, 9.17) is 9.79 Å². The maximum absolute atomic E-state index is 11.9. The molecule has 26 heavy (non-hydrogen) atoms. The average molecular weight is 388 g/mol. The van der Waals surface area contributed by atoms with Crippen molar-refractivity contribution in [1.82, 2.24) is 19.1 Å². The summed E-state index contributed by atoms with van der Waals surface area (Å²) in [6.45, 7) is 2.19. The molecule has 0 saturated carbocycles. The molecule has 0 bridgehead atoms. The number of aromatic amines is 2. The first-order valence-electron chi connectivity index (χ1n) is 7.31. The quantitative estimate of drug-likeness (QED) is 0.418. The van der Waals surface area contributed by atoms with Crippen molar-refractivity contribution in [3.05, 3.63) is 65.2 Å². The summed E-state index contributed by atoms with van der Waals surface area (Å²) < 4.78 is 17.9. The Morgan fingerprint density at radius 3 is 1.69 bits per heavy atom. The molecule has 0 saturated heterocycles. The normalized spacial score (nSPS) is 11.9. The maximum atomic E-state index is 11.9. The monoisotopic (exact) mass is 388 g/mol. The molecular weight excluding hydrogens is 371 g/mol. The Morgan fingerprint density at radius 2 is 1.35 bits per heavy atom. The minimum atomic E-state index is -4.94. The number of rotatable bonds is 6. The molecule has 0 amide bonds. The Morgan fingerprint density at radius 1 is 0.962 bits per heavy atom. The van der Waals surface area contributed by atoms with E-state index in [0.29, 0.717) is 0 Å². The number of H-pyrrole nitrogens is 2. The summed E-state index contributed by atoms with van der Waals surface area (Å²) in [7, 11) is -4.94. The van der Waals surface area contributed by atoms with Gasteiger partial charge in [-0.2, -0.15) is 0 Å². The highest BCUT2D eigenvalue weighted by Gasteiger charge is 2.24. The van der Waals surface area contributed by atoms with Gasteiger partial charge in [-0.25, -0.2) is 14.2 Å². The summed E-state index contributed by atoms with van der Waals surface area (Å²) in [5.41, 5.74) is -2.37. The molecular formula is C13H17N4O8P. The highest BCUT2D eigenvalue weighted by atomic mass is 31.2. The average Bonchev–Trinajstić information content (AvgIpc) is 2.48. The fraction of sp³-hybridized carbons (Fsp3) is 0.385. The number of hydrogen-bond donors (Lipinski definition) is 4. The maximum Gasteiger partial charge on any atom is 0.469 e. The highest BCUT2D eigenvalue weighted by Crippen LogP contribution is 2.38. The van der Waals surface area contributed by atoms with Crippen molar-refractivity contribution in [2.24, 2.45) is 0 Å². The molecule has 0 radical (unpaired) electrons. The predicted molar refractivity (Wildman–Crippen MR) is 89.0 cm³/mol. The standard InChI is InChI=1S/C13H17N4O8P/c1-7-3-16(12(20)14-10(7)18)5-9(25-26(22,23)24)6-17-4-8(2)11(19)15-13(17)21/h3-4,9H,5-6H2,1-2H3,(H,14,18,20)(H,15,19,21)(H2,22,23,24). The van der Waals surface area contributed by atoms with Gasteiger partial charge in [0.2, 0.25) is 0 Å². The SMILES string of the molecule is Cc1cn(CC(Cn2cc(C)c(=O)[nH]c2=O)OP(=O)(O)O)c(=O)[nH]c1=O. The van der Waals surface area contributed by atoms with Gasteiger partial charge < -0.3 is 9.79 Å². The van der Waals surface area contributed by atoms with Gasteiger partial charge in [0.15, 0.2) is 0 Å². The van der Waals surface area contributed by atoms with Crippen molar-refractivity contribution >= 4 is 7.82 Å². The van der Waals surface area contributed by atoms with E-state index in [1.165, 1.54) is 26.2 Å². The van der Waals surface area contributed by atoms with E-state index in [0.717, 1.165) is 9.13 Å². The lowest BCUT2D eigenvalue weighted by atomic mass is 10.3. The molecule has 2 aromatic heterocycles. The first-order chi connectivity index (χ1) is 12.0. The molecule has 0 aliphatic heterocycles. The van der Waals surface area contributed by atoms with Crippen LogP contribution in [0.4, 0.5) is 0 Å². The number of phosphoric acid groups is 1. The van der Waals surface area contributed by atoms with E-state index < -0.39 is 36.4 Å². The van der Waals surface area contributed by atoms with Gasteiger partial charge in [-0.3, -0.25) is 33.2 Å². The molecule has 0 spiro atoms. The molecule has 0 fully saturated rings. The predicted octanol–water partition coefficient (Wildman–Crippen LogP) is -1.82. The van der Waals surface area contributed by atoms with Crippen LogP contribution in [-0.2, 0) is 22.2 Å². The summed E-state index contributed by atoms with van der Waals surface area (Å²) in [6, 6.07) is 0. The van der Waals surface area contributed by atoms with Gasteiger partial charge in [-0.15, -0.1) is 0 Å². The smallest absolute Gasteiger partial charge is 0.303 e. The third-order valence-electron chi connectivity index (χ3n) is 3.46. The Labute approximate surface area is 145 Å². The molecule has 0 atom stereocenters. The number of nitrogens with zero attached hydrogens (tertiary/aromatic N) is 2. The first kappa shape index (κ1) is 19.8. The van der Waals surface area contributed by atoms with Crippen molar-refractivity contribution in [3.8, 4) is 0 Å². The van der Waals surface area contributed by atoms with Crippen LogP contribution in [0.3, 0.4) is 0 Å². The minimum absolute atomic E-state index is 0.205. The second kappa shape index (κ2) is 7.38. The zero-order valence-electron chi connectivity index (χ0n) is 13.8. The van der Waals surface area contributed by atoms with Crippen molar-refractivity contribution < 1.29 is 18.9 Å². The second-order valence-electron chi connectivity index (χ2n) is 5.67. The molecule has 4 N–H and O–H groups in total. The van der Waals surface area contributed by atoms with Crippen molar-refractivity contribution in [1.29, 1.82) is 0 Å². The Kier molecular flexibility index (Phi) is 5.62. The summed E-state index contributed by atoms with van der Waals surface area (Å²) in [5, 5.41) is 0. The van der Waals surface area contributed by atoms with Gasteiger partial charge in [0, 0.05) is 23.5 Å². The minimum Gasteiger partial charge on any atom is -0.303 e. The van der Waals surface area contributed by atoms with Gasteiger partial charge in [0.05, 0.1) is 13.1 Å². The van der Waals surface area contributed by atoms with Crippen LogP contribution in [0.15, 0.2) is 31.6 Å². The van der Waals surface area contributed by atoms with Crippen LogP contribution in [0.2, 0.25) is 0 Å². The molecule has 2 aromatic rings. The van der Waals surface area contributed by atoms with Crippen LogP contribution in [0.1, 0.15) is 11.1 Å². The van der Waals surface area contributed by atoms with E-state index in [1.807, 2.05) is 0 Å². The highest BCUT2D eigenvalue weighted by molar-refractivity contribution is 7.46. The van der Waals surface area contributed by atoms with Gasteiger partial charge in [0.1, 0.15) is 6.10 Å². The van der Waals surface area contributed by atoms with E-state index >= 15 is 0 Å². The Hall–Kier alpha value is -2.53. The molecule has 142 valence electrons. The van der Waals surface area contributed by atoms with Crippen LogP contribution < -0.4 is 22.5 Å². The van der Waals surface area contributed by atoms with Crippen LogP contribution in [-0.4, -0.2) is 35.0 Å². The van der Waals surface area contributed by atoms with Crippen LogP contribution in [0.25, 0.3) is 0 Å². The van der Waals surface area contributed by atoms with Crippen molar-refractivity contribution in [2.75, 3.05) is 0 Å². The summed E-state index contributed by atoms with van der Waals surface area (Å²) in [6.07, 6.45) is 1.11.